The van der Waals surface area contributed by atoms with Gasteiger partial charge in [-0.05, 0) is 61.9 Å². The summed E-state index contributed by atoms with van der Waals surface area (Å²) < 4.78 is 0. The number of carboxylic acids is 1. The number of nitrogens with zero attached hydrogens (tertiary/aromatic N) is 1. The molecule has 5 nitrogen and oxygen atoms in total. The maximum Gasteiger partial charge on any atom is 0.345 e. The van der Waals surface area contributed by atoms with Crippen molar-refractivity contribution in [1.82, 2.24) is 0 Å². The number of thiophene rings is 1. The summed E-state index contributed by atoms with van der Waals surface area (Å²) in [4.78, 5) is 26.5. The highest BCUT2D eigenvalue weighted by molar-refractivity contribution is 7.13. The summed E-state index contributed by atoms with van der Waals surface area (Å²) in [6, 6.07) is 11.7. The molecule has 0 aliphatic carbocycles. The Kier molecular flexibility index (Phi) is 8.05. The molecule has 0 saturated carbocycles. The fraction of sp³-hybridized carbons (Fsp3) is 0.500. The molecule has 0 radical (unpaired) electrons. The van der Waals surface area contributed by atoms with Crippen LogP contribution in [0.4, 0.5) is 5.69 Å². The van der Waals surface area contributed by atoms with Crippen molar-refractivity contribution in [3.63, 3.8) is 0 Å². The fourth-order valence-electron chi connectivity index (χ4n) is 4.00. The Balaban J connectivity index is 1.48. The topological polar surface area (TPSA) is 77.8 Å². The highest BCUT2D eigenvalue weighted by Gasteiger charge is 2.36. The average Bonchev–Trinajstić information content (AvgIpc) is 3.18. The van der Waals surface area contributed by atoms with Gasteiger partial charge in [-0.3, -0.25) is 4.79 Å². The molecule has 1 saturated heterocycles. The first-order chi connectivity index (χ1) is 14.5. The molecular weight excluding hydrogens is 398 g/mol. The van der Waals surface area contributed by atoms with E-state index >= 15 is 0 Å². The number of rotatable bonds is 12. The third-order valence-electron chi connectivity index (χ3n) is 5.70. The Morgan fingerprint density at radius 1 is 1.17 bits per heavy atom. The van der Waals surface area contributed by atoms with Gasteiger partial charge in [0.2, 0.25) is 5.91 Å². The molecule has 2 heterocycles. The summed E-state index contributed by atoms with van der Waals surface area (Å²) in [6.07, 6.45) is 7.79. The van der Waals surface area contributed by atoms with Gasteiger partial charge in [-0.2, -0.15) is 0 Å². The molecule has 1 fully saturated rings. The van der Waals surface area contributed by atoms with Gasteiger partial charge >= 0.3 is 5.97 Å². The third-order valence-corrected chi connectivity index (χ3v) is 6.84. The minimum absolute atomic E-state index is 0.150. The number of hydrogen-bond donors (Lipinski definition) is 2. The van der Waals surface area contributed by atoms with Gasteiger partial charge in [-0.1, -0.05) is 38.3 Å². The fourth-order valence-corrected chi connectivity index (χ4v) is 4.89. The molecule has 30 heavy (non-hydrogen) atoms. The van der Waals surface area contributed by atoms with Crippen molar-refractivity contribution < 1.29 is 19.8 Å². The van der Waals surface area contributed by atoms with Gasteiger partial charge in [-0.15, -0.1) is 11.3 Å². The number of aryl methyl sites for hydroxylation is 1. The SMILES string of the molecule is CCCCCC(O)Cc1ccc(N2C(=O)C[C@@H]2CCCc2ccc(C(=O)O)s2)cc1. The van der Waals surface area contributed by atoms with E-state index in [-0.39, 0.29) is 18.1 Å². The van der Waals surface area contributed by atoms with Crippen molar-refractivity contribution in [2.24, 2.45) is 0 Å². The summed E-state index contributed by atoms with van der Waals surface area (Å²) in [5.41, 5.74) is 2.02. The minimum Gasteiger partial charge on any atom is -0.477 e. The van der Waals surface area contributed by atoms with Crippen molar-refractivity contribution >= 4 is 28.9 Å². The maximum atomic E-state index is 12.2. The van der Waals surface area contributed by atoms with E-state index in [2.05, 4.69) is 6.92 Å². The van der Waals surface area contributed by atoms with Gasteiger partial charge in [0, 0.05) is 23.0 Å². The number of carbonyl (C=O) groups excluding carboxylic acids is 1. The maximum absolute atomic E-state index is 12.2. The number of anilines is 1. The first kappa shape index (κ1) is 22.5. The summed E-state index contributed by atoms with van der Waals surface area (Å²) in [7, 11) is 0. The zero-order chi connectivity index (χ0) is 21.5. The van der Waals surface area contributed by atoms with E-state index < -0.39 is 5.97 Å². The second kappa shape index (κ2) is 10.7. The Morgan fingerprint density at radius 2 is 1.93 bits per heavy atom. The van der Waals surface area contributed by atoms with Crippen LogP contribution in [0.3, 0.4) is 0 Å². The van der Waals surface area contributed by atoms with Crippen molar-refractivity contribution in [2.75, 3.05) is 4.90 Å². The minimum atomic E-state index is -0.876. The number of unbranched alkanes of at least 4 members (excludes halogenated alkanes) is 2. The van der Waals surface area contributed by atoms with Crippen LogP contribution in [0.15, 0.2) is 36.4 Å². The Labute approximate surface area is 182 Å². The van der Waals surface area contributed by atoms with E-state index in [1.165, 1.54) is 11.3 Å². The lowest BCUT2D eigenvalue weighted by Crippen LogP contribution is -2.52. The normalized spacial score (nSPS) is 17.1. The van der Waals surface area contributed by atoms with E-state index in [0.717, 1.165) is 61.1 Å². The van der Waals surface area contributed by atoms with Gasteiger partial charge < -0.3 is 15.1 Å². The quantitative estimate of drug-likeness (QED) is 0.365. The molecule has 2 aromatic rings. The van der Waals surface area contributed by atoms with Crippen molar-refractivity contribution in [1.29, 1.82) is 0 Å². The Hall–Kier alpha value is -2.18. The van der Waals surface area contributed by atoms with Crippen molar-refractivity contribution in [2.45, 2.75) is 76.9 Å². The molecule has 0 spiro atoms. The molecule has 2 atom stereocenters. The Bertz CT molecular complexity index is 845. The van der Waals surface area contributed by atoms with Crippen LogP contribution in [0.2, 0.25) is 0 Å². The van der Waals surface area contributed by atoms with E-state index in [0.29, 0.717) is 17.7 Å². The third kappa shape index (κ3) is 5.92. The first-order valence-corrected chi connectivity index (χ1v) is 11.7. The van der Waals surface area contributed by atoms with Crippen LogP contribution < -0.4 is 4.90 Å². The van der Waals surface area contributed by atoms with Crippen molar-refractivity contribution in [3.05, 3.63) is 51.7 Å². The number of aliphatic hydroxyl groups is 1. The highest BCUT2D eigenvalue weighted by atomic mass is 32.1. The molecule has 1 aliphatic heterocycles. The largest absolute Gasteiger partial charge is 0.477 e. The van der Waals surface area contributed by atoms with Gasteiger partial charge in [0.1, 0.15) is 4.88 Å². The van der Waals surface area contributed by atoms with Gasteiger partial charge in [0.25, 0.3) is 0 Å². The van der Waals surface area contributed by atoms with Crippen LogP contribution in [0.1, 0.15) is 72.0 Å². The van der Waals surface area contributed by atoms with Gasteiger partial charge in [0.15, 0.2) is 0 Å². The van der Waals surface area contributed by atoms with E-state index in [1.54, 1.807) is 6.07 Å². The number of amides is 1. The smallest absolute Gasteiger partial charge is 0.345 e. The van der Waals surface area contributed by atoms with Crippen molar-refractivity contribution in [3.8, 4) is 0 Å². The molecule has 2 N–H and O–H groups in total. The lowest BCUT2D eigenvalue weighted by Gasteiger charge is -2.40. The molecule has 6 heteroatoms. The van der Waals surface area contributed by atoms with Crippen LogP contribution in [0.25, 0.3) is 0 Å². The second-order valence-corrected chi connectivity index (χ2v) is 9.27. The highest BCUT2D eigenvalue weighted by Crippen LogP contribution is 2.31. The zero-order valence-corrected chi connectivity index (χ0v) is 18.4. The van der Waals surface area contributed by atoms with E-state index in [4.69, 9.17) is 5.11 Å². The summed E-state index contributed by atoms with van der Waals surface area (Å²) in [6.45, 7) is 2.16. The molecule has 1 unspecified atom stereocenters. The lowest BCUT2D eigenvalue weighted by molar-refractivity contribution is -0.124. The molecule has 1 aromatic carbocycles. The second-order valence-electron chi connectivity index (χ2n) is 8.11. The first-order valence-electron chi connectivity index (χ1n) is 10.9. The summed E-state index contributed by atoms with van der Waals surface area (Å²) >= 11 is 1.33. The average molecular weight is 430 g/mol. The number of carboxylic acid groups (broad SMARTS) is 1. The molecule has 1 aromatic heterocycles. The predicted octanol–water partition coefficient (Wildman–Crippen LogP) is 5.06. The Morgan fingerprint density at radius 3 is 2.57 bits per heavy atom. The summed E-state index contributed by atoms with van der Waals surface area (Å²) in [5.74, 6) is -0.726. The number of aromatic carboxylic acids is 1. The van der Waals surface area contributed by atoms with Gasteiger partial charge in [0.05, 0.1) is 6.10 Å². The lowest BCUT2D eigenvalue weighted by atomic mass is 9.94. The van der Waals surface area contributed by atoms with Crippen LogP contribution >= 0.6 is 11.3 Å². The van der Waals surface area contributed by atoms with E-state index in [1.807, 2.05) is 35.2 Å². The predicted molar refractivity (Wildman–Crippen MR) is 120 cm³/mol. The van der Waals surface area contributed by atoms with Crippen LogP contribution in [-0.2, 0) is 17.6 Å². The number of aliphatic hydroxyl groups excluding tert-OH is 1. The van der Waals surface area contributed by atoms with Crippen LogP contribution in [-0.4, -0.2) is 34.2 Å². The summed E-state index contributed by atoms with van der Waals surface area (Å²) in [5, 5.41) is 19.2. The number of benzene rings is 1. The standard InChI is InChI=1S/C24H31NO4S/c1-2-3-4-7-20(26)15-17-9-11-18(12-10-17)25-19(16-23(25)27)6-5-8-21-13-14-22(30-21)24(28)29/h9-14,19-20,26H,2-8,15-16H2,1H3,(H,28,29)/t19-,20?/m0/s1. The molecular formula is C24H31NO4S. The van der Waals surface area contributed by atoms with Crippen LogP contribution in [0.5, 0.6) is 0 Å². The van der Waals surface area contributed by atoms with E-state index in [9.17, 15) is 14.7 Å². The molecule has 162 valence electrons. The number of carbonyl (C=O) groups is 2. The van der Waals surface area contributed by atoms with Gasteiger partial charge in [-0.25, -0.2) is 4.79 Å². The molecule has 1 aliphatic rings. The van der Waals surface area contributed by atoms with Crippen LogP contribution in [0, 0.1) is 0 Å². The number of hydrogen-bond acceptors (Lipinski definition) is 4. The number of β-lactam (4-membered cyclic amide) rings is 1. The molecule has 0 bridgehead atoms. The monoisotopic (exact) mass is 429 g/mol. The zero-order valence-electron chi connectivity index (χ0n) is 17.5. The molecule has 1 amide bonds. The molecule has 3 rings (SSSR count).